The summed E-state index contributed by atoms with van der Waals surface area (Å²) in [6.45, 7) is 1.80. The van der Waals surface area contributed by atoms with E-state index in [1.165, 1.54) is 0 Å². The van der Waals surface area contributed by atoms with E-state index in [9.17, 15) is 17.6 Å². The second-order valence-electron chi connectivity index (χ2n) is 5.45. The van der Waals surface area contributed by atoms with Crippen molar-refractivity contribution in [3.8, 4) is 6.07 Å². The van der Waals surface area contributed by atoms with E-state index in [1.807, 2.05) is 0 Å². The van der Waals surface area contributed by atoms with Crippen molar-refractivity contribution in [1.82, 2.24) is 4.31 Å². The van der Waals surface area contributed by atoms with Crippen LogP contribution in [0, 0.1) is 29.0 Å². The van der Waals surface area contributed by atoms with Crippen molar-refractivity contribution in [3.05, 3.63) is 29.6 Å². The van der Waals surface area contributed by atoms with Crippen molar-refractivity contribution >= 4 is 16.0 Å². The van der Waals surface area contributed by atoms with E-state index in [-0.39, 0.29) is 29.5 Å². The van der Waals surface area contributed by atoms with Gasteiger partial charge in [-0.1, -0.05) is 6.92 Å². The van der Waals surface area contributed by atoms with Gasteiger partial charge in [0.05, 0.1) is 11.5 Å². The molecular formula is C14H15FN2O4S. The number of carbonyl (C=O) groups is 1. The summed E-state index contributed by atoms with van der Waals surface area (Å²) in [7, 11) is -4.04. The number of piperidine rings is 1. The molecule has 2 rings (SSSR count). The van der Waals surface area contributed by atoms with E-state index in [4.69, 9.17) is 10.4 Å². The van der Waals surface area contributed by atoms with Crippen LogP contribution >= 0.6 is 0 Å². The monoisotopic (exact) mass is 326 g/mol. The van der Waals surface area contributed by atoms with Crippen LogP contribution in [0.25, 0.3) is 0 Å². The molecule has 6 nitrogen and oxygen atoms in total. The summed E-state index contributed by atoms with van der Waals surface area (Å²) < 4.78 is 39.5. The van der Waals surface area contributed by atoms with Crippen LogP contribution in [0.5, 0.6) is 0 Å². The third-order valence-corrected chi connectivity index (χ3v) is 5.55. The van der Waals surface area contributed by atoms with Crippen LogP contribution in [-0.2, 0) is 14.8 Å². The van der Waals surface area contributed by atoms with E-state index in [1.54, 1.807) is 13.0 Å². The minimum Gasteiger partial charge on any atom is -0.481 e. The molecular weight excluding hydrogens is 311 g/mol. The van der Waals surface area contributed by atoms with E-state index in [0.717, 1.165) is 22.5 Å². The van der Waals surface area contributed by atoms with E-state index >= 15 is 0 Å². The van der Waals surface area contributed by atoms with Crippen molar-refractivity contribution in [2.45, 2.75) is 18.2 Å². The third kappa shape index (κ3) is 3.10. The van der Waals surface area contributed by atoms with Gasteiger partial charge < -0.3 is 5.11 Å². The van der Waals surface area contributed by atoms with Crippen molar-refractivity contribution in [2.24, 2.45) is 11.8 Å². The minimum absolute atomic E-state index is 0.115. The highest BCUT2D eigenvalue weighted by Gasteiger charge is 2.37. The number of rotatable bonds is 3. The molecule has 2 atom stereocenters. The molecule has 2 unspecified atom stereocenters. The molecule has 0 radical (unpaired) electrons. The average Bonchev–Trinajstić information content (AvgIpc) is 2.46. The topological polar surface area (TPSA) is 98.5 Å². The van der Waals surface area contributed by atoms with Crippen LogP contribution in [0.2, 0.25) is 0 Å². The molecule has 1 saturated heterocycles. The van der Waals surface area contributed by atoms with Crippen LogP contribution in [0.3, 0.4) is 0 Å². The van der Waals surface area contributed by atoms with Gasteiger partial charge in [-0.25, -0.2) is 12.8 Å². The predicted molar refractivity (Wildman–Crippen MR) is 74.8 cm³/mol. The van der Waals surface area contributed by atoms with Crippen LogP contribution in [0.4, 0.5) is 4.39 Å². The summed E-state index contributed by atoms with van der Waals surface area (Å²) >= 11 is 0. The van der Waals surface area contributed by atoms with Crippen LogP contribution in [-0.4, -0.2) is 36.9 Å². The highest BCUT2D eigenvalue weighted by molar-refractivity contribution is 7.89. The Balaban J connectivity index is 2.42. The van der Waals surface area contributed by atoms with Gasteiger partial charge in [0.25, 0.3) is 0 Å². The SMILES string of the molecule is CC1CC(C(=O)O)CN(S(=O)(=O)c2ccc(F)cc2C#N)C1. The molecule has 1 aliphatic heterocycles. The Labute approximate surface area is 127 Å². The maximum Gasteiger partial charge on any atom is 0.307 e. The van der Waals surface area contributed by atoms with Gasteiger partial charge in [0, 0.05) is 13.1 Å². The number of carboxylic acids is 1. The first-order chi connectivity index (χ1) is 10.3. The molecule has 118 valence electrons. The molecule has 0 aliphatic carbocycles. The maximum absolute atomic E-state index is 13.2. The first kappa shape index (κ1) is 16.4. The summed E-state index contributed by atoms with van der Waals surface area (Å²) in [6, 6.07) is 4.53. The fourth-order valence-electron chi connectivity index (χ4n) is 2.63. The zero-order valence-electron chi connectivity index (χ0n) is 11.9. The Kier molecular flexibility index (Phi) is 4.49. The highest BCUT2D eigenvalue weighted by Crippen LogP contribution is 2.28. The van der Waals surface area contributed by atoms with Gasteiger partial charge in [-0.2, -0.15) is 9.57 Å². The lowest BCUT2D eigenvalue weighted by Crippen LogP contribution is -2.45. The zero-order valence-corrected chi connectivity index (χ0v) is 12.7. The average molecular weight is 326 g/mol. The number of benzene rings is 1. The molecule has 0 aromatic heterocycles. The molecule has 0 saturated carbocycles. The molecule has 1 fully saturated rings. The smallest absolute Gasteiger partial charge is 0.307 e. The van der Waals surface area contributed by atoms with E-state index in [2.05, 4.69) is 0 Å². The lowest BCUT2D eigenvalue weighted by atomic mass is 9.92. The van der Waals surface area contributed by atoms with Crippen molar-refractivity contribution < 1.29 is 22.7 Å². The molecule has 22 heavy (non-hydrogen) atoms. The molecule has 1 aromatic carbocycles. The highest BCUT2D eigenvalue weighted by atomic mass is 32.2. The van der Waals surface area contributed by atoms with E-state index < -0.39 is 27.7 Å². The van der Waals surface area contributed by atoms with Gasteiger partial charge in [-0.3, -0.25) is 4.79 Å². The molecule has 0 amide bonds. The van der Waals surface area contributed by atoms with Gasteiger partial charge in [0.1, 0.15) is 16.8 Å². The number of hydrogen-bond donors (Lipinski definition) is 1. The zero-order chi connectivity index (χ0) is 16.5. The Morgan fingerprint density at radius 3 is 2.73 bits per heavy atom. The number of carboxylic acid groups (broad SMARTS) is 1. The number of nitrogens with zero attached hydrogens (tertiary/aromatic N) is 2. The van der Waals surface area contributed by atoms with Crippen LogP contribution in [0.15, 0.2) is 23.1 Å². The number of halogens is 1. The van der Waals surface area contributed by atoms with Gasteiger partial charge in [0.2, 0.25) is 10.0 Å². The van der Waals surface area contributed by atoms with Gasteiger partial charge in [0.15, 0.2) is 0 Å². The molecule has 1 N–H and O–H groups in total. The lowest BCUT2D eigenvalue weighted by Gasteiger charge is -2.33. The molecule has 0 spiro atoms. The number of sulfonamides is 1. The predicted octanol–water partition coefficient (Wildman–Crippen LogP) is 1.43. The molecule has 0 bridgehead atoms. The molecule has 8 heteroatoms. The van der Waals surface area contributed by atoms with Crippen LogP contribution < -0.4 is 0 Å². The van der Waals surface area contributed by atoms with Crippen molar-refractivity contribution in [2.75, 3.05) is 13.1 Å². The Morgan fingerprint density at radius 2 is 2.14 bits per heavy atom. The maximum atomic E-state index is 13.2. The number of aliphatic carboxylic acids is 1. The summed E-state index contributed by atoms with van der Waals surface area (Å²) in [5.41, 5.74) is -0.287. The standard InChI is InChI=1S/C14H15FN2O4S/c1-9-4-11(14(18)19)8-17(7-9)22(20,21)13-3-2-12(15)5-10(13)6-16/h2-3,5,9,11H,4,7-8H2,1H3,(H,18,19). The van der Waals surface area contributed by atoms with Crippen molar-refractivity contribution in [1.29, 1.82) is 5.26 Å². The number of nitriles is 1. The first-order valence-electron chi connectivity index (χ1n) is 6.68. The fourth-order valence-corrected chi connectivity index (χ4v) is 4.36. The summed E-state index contributed by atoms with van der Waals surface area (Å²) in [5, 5.41) is 18.1. The third-order valence-electron chi connectivity index (χ3n) is 3.66. The molecule has 1 aromatic rings. The van der Waals surface area contributed by atoms with Gasteiger partial charge >= 0.3 is 5.97 Å². The lowest BCUT2D eigenvalue weighted by molar-refractivity contribution is -0.143. The Hall–Kier alpha value is -1.98. The molecule has 1 heterocycles. The Morgan fingerprint density at radius 1 is 1.45 bits per heavy atom. The summed E-state index contributed by atoms with van der Waals surface area (Å²) in [4.78, 5) is 10.9. The fraction of sp³-hybridized carbons (Fsp3) is 0.429. The first-order valence-corrected chi connectivity index (χ1v) is 8.12. The van der Waals surface area contributed by atoms with E-state index in [0.29, 0.717) is 6.42 Å². The Bertz CT molecular complexity index is 742. The second-order valence-corrected chi connectivity index (χ2v) is 7.36. The second kappa shape index (κ2) is 6.02. The minimum atomic E-state index is -4.04. The number of hydrogen-bond acceptors (Lipinski definition) is 4. The van der Waals surface area contributed by atoms with Gasteiger partial charge in [-0.15, -0.1) is 0 Å². The summed E-state index contributed by atoms with van der Waals surface area (Å²) in [6.07, 6.45) is 0.399. The van der Waals surface area contributed by atoms with Crippen molar-refractivity contribution in [3.63, 3.8) is 0 Å². The quantitative estimate of drug-likeness (QED) is 0.906. The largest absolute Gasteiger partial charge is 0.481 e. The van der Waals surface area contributed by atoms with Gasteiger partial charge in [-0.05, 0) is 30.5 Å². The van der Waals surface area contributed by atoms with Crippen LogP contribution in [0.1, 0.15) is 18.9 Å². The normalized spacial score (nSPS) is 23.0. The summed E-state index contributed by atoms with van der Waals surface area (Å²) in [5.74, 6) is -2.66. The molecule has 1 aliphatic rings.